The number of pyridine rings is 1. The van der Waals surface area contributed by atoms with E-state index < -0.39 is 6.10 Å². The van der Waals surface area contributed by atoms with Gasteiger partial charge in [-0.3, -0.25) is 14.6 Å². The molecule has 3 N–H and O–H groups in total. The fraction of sp³-hybridized carbons (Fsp3) is 0.696. The van der Waals surface area contributed by atoms with Crippen LogP contribution in [0.5, 0.6) is 0 Å². The lowest BCUT2D eigenvalue weighted by Crippen LogP contribution is -2.51. The lowest BCUT2D eigenvalue weighted by Gasteiger charge is -2.36. The molecule has 3 rings (SSSR count). The van der Waals surface area contributed by atoms with Crippen LogP contribution in [0.1, 0.15) is 50.5 Å². The molecule has 172 valence electrons. The fourth-order valence-electron chi connectivity index (χ4n) is 4.36. The Bertz CT molecular complexity index is 681. The van der Waals surface area contributed by atoms with Gasteiger partial charge in [0.05, 0.1) is 25.2 Å². The quantitative estimate of drug-likeness (QED) is 0.510. The van der Waals surface area contributed by atoms with Crippen molar-refractivity contribution in [1.29, 1.82) is 0 Å². The highest BCUT2D eigenvalue weighted by Crippen LogP contribution is 2.22. The number of ether oxygens (including phenoxy) is 1. The topological polar surface area (TPSA) is 104 Å². The lowest BCUT2D eigenvalue weighted by atomic mass is 9.96. The van der Waals surface area contributed by atoms with Gasteiger partial charge in [0, 0.05) is 31.9 Å². The van der Waals surface area contributed by atoms with E-state index in [1.54, 1.807) is 18.5 Å². The summed E-state index contributed by atoms with van der Waals surface area (Å²) < 4.78 is 6.00. The van der Waals surface area contributed by atoms with E-state index in [-0.39, 0.29) is 37.0 Å². The number of hydrogen-bond acceptors (Lipinski definition) is 6. The molecule has 0 bridgehead atoms. The second kappa shape index (κ2) is 12.7. The first-order chi connectivity index (χ1) is 15.1. The zero-order valence-corrected chi connectivity index (χ0v) is 18.3. The summed E-state index contributed by atoms with van der Waals surface area (Å²) in [4.78, 5) is 30.8. The van der Waals surface area contributed by atoms with E-state index in [0.29, 0.717) is 19.4 Å². The van der Waals surface area contributed by atoms with Crippen LogP contribution in [0.25, 0.3) is 0 Å². The number of nitrogens with one attached hydrogen (secondary N) is 2. The molecule has 8 nitrogen and oxygen atoms in total. The number of aromatic nitrogens is 1. The minimum absolute atomic E-state index is 0.0222. The standard InChI is InChI=1S/C23H36N4O4/c28-17-21-20(26-23(30)15-18-5-4-10-24-16-18)7-6-19(31-21)8-11-25-22(29)9-14-27-12-2-1-3-13-27/h4-5,10,16,19-21,28H,1-3,6-9,11-15,17H2,(H,25,29)(H,26,30)/t19-,20+,21-/m0/s1. The number of aliphatic hydroxyl groups is 1. The summed E-state index contributed by atoms with van der Waals surface area (Å²) in [5.41, 5.74) is 0.853. The molecule has 2 fully saturated rings. The molecule has 0 saturated carbocycles. The van der Waals surface area contributed by atoms with Crippen molar-refractivity contribution in [3.05, 3.63) is 30.1 Å². The Balaban J connectivity index is 1.32. The van der Waals surface area contributed by atoms with E-state index in [2.05, 4.69) is 20.5 Å². The van der Waals surface area contributed by atoms with Crippen molar-refractivity contribution in [3.8, 4) is 0 Å². The molecule has 2 aliphatic rings. The number of amides is 2. The first-order valence-electron chi connectivity index (χ1n) is 11.6. The van der Waals surface area contributed by atoms with Gasteiger partial charge < -0.3 is 25.4 Å². The highest BCUT2D eigenvalue weighted by Gasteiger charge is 2.31. The zero-order chi connectivity index (χ0) is 21.9. The minimum Gasteiger partial charge on any atom is -0.394 e. The van der Waals surface area contributed by atoms with Gasteiger partial charge in [0.2, 0.25) is 11.8 Å². The van der Waals surface area contributed by atoms with Gasteiger partial charge in [-0.25, -0.2) is 0 Å². The van der Waals surface area contributed by atoms with Crippen LogP contribution >= 0.6 is 0 Å². The first-order valence-corrected chi connectivity index (χ1v) is 11.6. The Morgan fingerprint density at radius 2 is 2.03 bits per heavy atom. The fourth-order valence-corrected chi connectivity index (χ4v) is 4.36. The predicted molar refractivity (Wildman–Crippen MR) is 117 cm³/mol. The summed E-state index contributed by atoms with van der Waals surface area (Å²) in [6, 6.07) is 3.47. The number of piperidine rings is 1. The average Bonchev–Trinajstić information content (AvgIpc) is 2.80. The smallest absolute Gasteiger partial charge is 0.224 e. The molecule has 3 heterocycles. The number of hydrogen-bond donors (Lipinski definition) is 3. The van der Waals surface area contributed by atoms with Crippen LogP contribution in [0.15, 0.2) is 24.5 Å². The van der Waals surface area contributed by atoms with Crippen molar-refractivity contribution in [1.82, 2.24) is 20.5 Å². The predicted octanol–water partition coefficient (Wildman–Crippen LogP) is 1.03. The Kier molecular flexibility index (Phi) is 9.71. The van der Waals surface area contributed by atoms with Crippen LogP contribution < -0.4 is 10.6 Å². The molecular weight excluding hydrogens is 396 g/mol. The molecule has 1 aromatic heterocycles. The molecule has 1 aromatic rings. The molecule has 3 atom stereocenters. The van der Waals surface area contributed by atoms with Gasteiger partial charge in [-0.05, 0) is 56.8 Å². The maximum Gasteiger partial charge on any atom is 0.224 e. The van der Waals surface area contributed by atoms with Crippen molar-refractivity contribution in [3.63, 3.8) is 0 Å². The molecule has 8 heteroatoms. The Morgan fingerprint density at radius 1 is 1.19 bits per heavy atom. The van der Waals surface area contributed by atoms with Crippen LogP contribution in [0, 0.1) is 0 Å². The van der Waals surface area contributed by atoms with Gasteiger partial charge in [-0.15, -0.1) is 0 Å². The summed E-state index contributed by atoms with van der Waals surface area (Å²) in [6.45, 7) is 3.46. The molecule has 2 aliphatic heterocycles. The third-order valence-electron chi connectivity index (χ3n) is 6.12. The SMILES string of the molecule is O=C(CCN1CCCCC1)NCC[C@@H]1CC[C@@H](NC(=O)Cc2cccnc2)[C@H](CO)O1. The number of carbonyl (C=O) groups is 2. The first kappa shape index (κ1) is 23.6. The molecule has 0 radical (unpaired) electrons. The molecule has 2 saturated heterocycles. The molecule has 31 heavy (non-hydrogen) atoms. The van der Waals surface area contributed by atoms with E-state index >= 15 is 0 Å². The van der Waals surface area contributed by atoms with E-state index in [4.69, 9.17) is 4.74 Å². The van der Waals surface area contributed by atoms with Crippen molar-refractivity contribution >= 4 is 11.8 Å². The summed E-state index contributed by atoms with van der Waals surface area (Å²) >= 11 is 0. The third kappa shape index (κ3) is 8.20. The number of likely N-dealkylation sites (tertiary alicyclic amines) is 1. The van der Waals surface area contributed by atoms with E-state index in [1.165, 1.54) is 19.3 Å². The van der Waals surface area contributed by atoms with Crippen LogP contribution in [-0.2, 0) is 20.7 Å². The Hall–Kier alpha value is -2.03. The van der Waals surface area contributed by atoms with Crippen molar-refractivity contribution < 1.29 is 19.4 Å². The number of aliphatic hydroxyl groups excluding tert-OH is 1. The zero-order valence-electron chi connectivity index (χ0n) is 18.3. The van der Waals surface area contributed by atoms with Gasteiger partial charge in [0.15, 0.2) is 0 Å². The van der Waals surface area contributed by atoms with Gasteiger partial charge in [0.25, 0.3) is 0 Å². The molecular formula is C23H36N4O4. The maximum atomic E-state index is 12.3. The summed E-state index contributed by atoms with van der Waals surface area (Å²) in [7, 11) is 0. The highest BCUT2D eigenvalue weighted by atomic mass is 16.5. The monoisotopic (exact) mass is 432 g/mol. The Morgan fingerprint density at radius 3 is 2.77 bits per heavy atom. The van der Waals surface area contributed by atoms with Gasteiger partial charge in [-0.2, -0.15) is 0 Å². The lowest BCUT2D eigenvalue weighted by molar-refractivity contribution is -0.128. The molecule has 0 aromatic carbocycles. The number of rotatable bonds is 10. The molecule has 2 amide bonds. The summed E-state index contributed by atoms with van der Waals surface area (Å²) in [5.74, 6) is -0.0138. The van der Waals surface area contributed by atoms with Crippen LogP contribution in [0.4, 0.5) is 0 Å². The second-order valence-electron chi connectivity index (χ2n) is 8.56. The molecule has 0 spiro atoms. The molecule has 0 unspecified atom stereocenters. The second-order valence-corrected chi connectivity index (χ2v) is 8.56. The minimum atomic E-state index is -0.425. The Labute approximate surface area is 184 Å². The van der Waals surface area contributed by atoms with E-state index in [0.717, 1.165) is 38.0 Å². The largest absolute Gasteiger partial charge is 0.394 e. The van der Waals surface area contributed by atoms with Crippen molar-refractivity contribution in [2.75, 3.05) is 32.8 Å². The average molecular weight is 433 g/mol. The third-order valence-corrected chi connectivity index (χ3v) is 6.12. The number of carbonyl (C=O) groups excluding carboxylic acids is 2. The highest BCUT2D eigenvalue weighted by molar-refractivity contribution is 5.78. The summed E-state index contributed by atoms with van der Waals surface area (Å²) in [5, 5.41) is 15.7. The number of nitrogens with zero attached hydrogens (tertiary/aromatic N) is 2. The molecule has 0 aliphatic carbocycles. The van der Waals surface area contributed by atoms with E-state index in [9.17, 15) is 14.7 Å². The van der Waals surface area contributed by atoms with Crippen LogP contribution in [0.2, 0.25) is 0 Å². The van der Waals surface area contributed by atoms with Crippen molar-refractivity contribution in [2.45, 2.75) is 69.6 Å². The van der Waals surface area contributed by atoms with E-state index in [1.807, 2.05) is 6.07 Å². The van der Waals surface area contributed by atoms with Crippen molar-refractivity contribution in [2.24, 2.45) is 0 Å². The van der Waals surface area contributed by atoms with Gasteiger partial charge >= 0.3 is 0 Å². The normalized spacial score (nSPS) is 24.5. The van der Waals surface area contributed by atoms with Crippen LogP contribution in [-0.4, -0.2) is 77.8 Å². The summed E-state index contributed by atoms with van der Waals surface area (Å²) in [6.07, 6.45) is 9.72. The van der Waals surface area contributed by atoms with Gasteiger partial charge in [0.1, 0.15) is 6.10 Å². The maximum absolute atomic E-state index is 12.3. The van der Waals surface area contributed by atoms with Crippen LogP contribution in [0.3, 0.4) is 0 Å². The van der Waals surface area contributed by atoms with Gasteiger partial charge in [-0.1, -0.05) is 12.5 Å².